The molecule has 0 bridgehead atoms. The van der Waals surface area contributed by atoms with Crippen molar-refractivity contribution in [2.24, 2.45) is 5.73 Å². The summed E-state index contributed by atoms with van der Waals surface area (Å²) in [6.45, 7) is 2.43. The van der Waals surface area contributed by atoms with Crippen LogP contribution in [0, 0.1) is 5.82 Å². The molecule has 1 aliphatic rings. The Labute approximate surface area is 114 Å². The normalized spacial score (nSPS) is 24.4. The van der Waals surface area contributed by atoms with E-state index in [0.717, 1.165) is 4.47 Å². The molecule has 5 heteroatoms. The van der Waals surface area contributed by atoms with Gasteiger partial charge in [0.25, 0.3) is 0 Å². The summed E-state index contributed by atoms with van der Waals surface area (Å²) >= 11 is 3.33. The molecule has 0 aliphatic carbocycles. The monoisotopic (exact) mass is 314 g/mol. The van der Waals surface area contributed by atoms with Gasteiger partial charge in [0.1, 0.15) is 5.82 Å². The van der Waals surface area contributed by atoms with Crippen molar-refractivity contribution < 1.29 is 9.18 Å². The second kappa shape index (κ2) is 5.36. The van der Waals surface area contributed by atoms with Gasteiger partial charge in [0.2, 0.25) is 5.91 Å². The molecule has 2 rings (SSSR count). The van der Waals surface area contributed by atoms with Crippen LogP contribution < -0.4 is 5.73 Å². The quantitative estimate of drug-likeness (QED) is 0.912. The number of carbonyl (C=O) groups is 1. The van der Waals surface area contributed by atoms with E-state index in [1.165, 1.54) is 6.07 Å². The van der Waals surface area contributed by atoms with Crippen LogP contribution in [0.25, 0.3) is 0 Å². The Bertz CT molecular complexity index is 466. The SMILES string of the molecule is CCN1C(=O)CCC(N)C1c1cc(Br)ccc1F. The van der Waals surface area contributed by atoms with Crippen LogP contribution in [0.15, 0.2) is 22.7 Å². The fourth-order valence-electron chi connectivity index (χ4n) is 2.49. The summed E-state index contributed by atoms with van der Waals surface area (Å²) in [7, 11) is 0. The van der Waals surface area contributed by atoms with Crippen LogP contribution in [0.5, 0.6) is 0 Å². The Hall–Kier alpha value is -0.940. The largest absolute Gasteiger partial charge is 0.334 e. The van der Waals surface area contributed by atoms with Crippen LogP contribution >= 0.6 is 15.9 Å². The number of halogens is 2. The van der Waals surface area contributed by atoms with E-state index in [9.17, 15) is 9.18 Å². The standard InChI is InChI=1S/C13H16BrFN2O/c1-2-17-12(18)6-5-11(16)13(17)9-7-8(14)3-4-10(9)15/h3-4,7,11,13H,2,5-6,16H2,1H3. The number of rotatable bonds is 2. The van der Waals surface area contributed by atoms with Crippen LogP contribution in [0.4, 0.5) is 4.39 Å². The molecular formula is C13H16BrFN2O. The third kappa shape index (κ3) is 2.42. The van der Waals surface area contributed by atoms with Gasteiger partial charge in [0.15, 0.2) is 0 Å². The number of benzene rings is 1. The highest BCUT2D eigenvalue weighted by Crippen LogP contribution is 2.33. The Kier molecular flexibility index (Phi) is 4.02. The summed E-state index contributed by atoms with van der Waals surface area (Å²) in [5.41, 5.74) is 6.57. The van der Waals surface area contributed by atoms with Gasteiger partial charge in [-0.25, -0.2) is 4.39 Å². The summed E-state index contributed by atoms with van der Waals surface area (Å²) in [6.07, 6.45) is 1.05. The third-order valence-electron chi connectivity index (χ3n) is 3.37. The molecule has 18 heavy (non-hydrogen) atoms. The van der Waals surface area contributed by atoms with E-state index in [2.05, 4.69) is 15.9 Å². The number of nitrogens with two attached hydrogens (primary N) is 1. The molecule has 0 spiro atoms. The average molecular weight is 315 g/mol. The molecule has 1 fully saturated rings. The Balaban J connectivity index is 2.44. The summed E-state index contributed by atoms with van der Waals surface area (Å²) in [6, 6.07) is 4.17. The summed E-state index contributed by atoms with van der Waals surface area (Å²) in [5, 5.41) is 0. The number of carbonyl (C=O) groups excluding carboxylic acids is 1. The first-order valence-corrected chi connectivity index (χ1v) is 6.84. The van der Waals surface area contributed by atoms with E-state index < -0.39 is 0 Å². The maximum Gasteiger partial charge on any atom is 0.223 e. The topological polar surface area (TPSA) is 46.3 Å². The van der Waals surface area contributed by atoms with E-state index >= 15 is 0 Å². The summed E-state index contributed by atoms with van der Waals surface area (Å²) in [5.74, 6) is -0.268. The molecule has 0 saturated carbocycles. The lowest BCUT2D eigenvalue weighted by Crippen LogP contribution is -2.49. The highest BCUT2D eigenvalue weighted by Gasteiger charge is 2.35. The molecule has 1 saturated heterocycles. The van der Waals surface area contributed by atoms with E-state index in [-0.39, 0.29) is 23.8 Å². The molecule has 1 aliphatic heterocycles. The zero-order valence-electron chi connectivity index (χ0n) is 10.2. The van der Waals surface area contributed by atoms with Gasteiger partial charge in [-0.15, -0.1) is 0 Å². The molecule has 2 atom stereocenters. The van der Waals surface area contributed by atoms with E-state index in [1.54, 1.807) is 17.0 Å². The Morgan fingerprint density at radius 1 is 1.56 bits per heavy atom. The van der Waals surface area contributed by atoms with Crippen molar-refractivity contribution in [2.75, 3.05) is 6.54 Å². The average Bonchev–Trinajstić information content (AvgIpc) is 2.35. The van der Waals surface area contributed by atoms with Crippen LogP contribution in [0.3, 0.4) is 0 Å². The fourth-order valence-corrected chi connectivity index (χ4v) is 2.87. The number of likely N-dealkylation sites (tertiary alicyclic amines) is 1. The maximum atomic E-state index is 13.9. The second-order valence-electron chi connectivity index (χ2n) is 4.49. The van der Waals surface area contributed by atoms with Crippen molar-refractivity contribution in [1.29, 1.82) is 0 Å². The smallest absolute Gasteiger partial charge is 0.223 e. The third-order valence-corrected chi connectivity index (χ3v) is 3.86. The molecule has 0 aromatic heterocycles. The minimum Gasteiger partial charge on any atom is -0.334 e. The first kappa shape index (κ1) is 13.5. The molecule has 3 nitrogen and oxygen atoms in total. The first-order chi connectivity index (χ1) is 8.54. The maximum absolute atomic E-state index is 13.9. The molecule has 1 amide bonds. The van der Waals surface area contributed by atoms with Gasteiger partial charge in [0, 0.05) is 29.0 Å². The number of nitrogens with zero attached hydrogens (tertiary/aromatic N) is 1. The second-order valence-corrected chi connectivity index (χ2v) is 5.41. The van der Waals surface area contributed by atoms with Gasteiger partial charge >= 0.3 is 0 Å². The van der Waals surface area contributed by atoms with Crippen LogP contribution in [0.2, 0.25) is 0 Å². The van der Waals surface area contributed by atoms with Crippen molar-refractivity contribution in [1.82, 2.24) is 4.90 Å². The van der Waals surface area contributed by atoms with Gasteiger partial charge in [-0.1, -0.05) is 15.9 Å². The molecule has 2 unspecified atom stereocenters. The Morgan fingerprint density at radius 2 is 2.28 bits per heavy atom. The van der Waals surface area contributed by atoms with E-state index in [4.69, 9.17) is 5.73 Å². The van der Waals surface area contributed by atoms with Crippen molar-refractivity contribution >= 4 is 21.8 Å². The molecule has 1 heterocycles. The van der Waals surface area contributed by atoms with Crippen molar-refractivity contribution in [2.45, 2.75) is 31.8 Å². The molecule has 1 aromatic carbocycles. The highest BCUT2D eigenvalue weighted by atomic mass is 79.9. The number of hydrogen-bond donors (Lipinski definition) is 1. The summed E-state index contributed by atoms with van der Waals surface area (Å²) < 4.78 is 14.7. The first-order valence-electron chi connectivity index (χ1n) is 6.04. The molecule has 0 radical (unpaired) electrons. The predicted octanol–water partition coefficient (Wildman–Crippen LogP) is 2.60. The zero-order chi connectivity index (χ0) is 13.3. The minimum absolute atomic E-state index is 0.0450. The van der Waals surface area contributed by atoms with Crippen LogP contribution in [-0.2, 0) is 4.79 Å². The highest BCUT2D eigenvalue weighted by molar-refractivity contribution is 9.10. The predicted molar refractivity (Wildman–Crippen MR) is 71.4 cm³/mol. The molecule has 1 aromatic rings. The summed E-state index contributed by atoms with van der Waals surface area (Å²) in [4.78, 5) is 13.6. The van der Waals surface area contributed by atoms with E-state index in [1.807, 2.05) is 6.92 Å². The Morgan fingerprint density at radius 3 is 2.94 bits per heavy atom. The number of amides is 1. The minimum atomic E-state index is -0.367. The number of piperidine rings is 1. The lowest BCUT2D eigenvalue weighted by atomic mass is 9.90. The lowest BCUT2D eigenvalue weighted by Gasteiger charge is -2.39. The van der Waals surface area contributed by atoms with E-state index in [0.29, 0.717) is 24.9 Å². The molecule has 2 N–H and O–H groups in total. The lowest BCUT2D eigenvalue weighted by molar-refractivity contribution is -0.137. The number of hydrogen-bond acceptors (Lipinski definition) is 2. The van der Waals surface area contributed by atoms with Gasteiger partial charge in [-0.2, -0.15) is 0 Å². The molecule has 98 valence electrons. The van der Waals surface area contributed by atoms with Gasteiger partial charge in [-0.05, 0) is 31.5 Å². The van der Waals surface area contributed by atoms with Gasteiger partial charge in [0.05, 0.1) is 6.04 Å². The van der Waals surface area contributed by atoms with Crippen LogP contribution in [-0.4, -0.2) is 23.4 Å². The van der Waals surface area contributed by atoms with Crippen LogP contribution in [0.1, 0.15) is 31.4 Å². The number of likely N-dealkylation sites (N-methyl/N-ethyl adjacent to an activating group) is 1. The van der Waals surface area contributed by atoms with Crippen molar-refractivity contribution in [3.05, 3.63) is 34.1 Å². The van der Waals surface area contributed by atoms with Crippen molar-refractivity contribution in [3.8, 4) is 0 Å². The molecular weight excluding hydrogens is 299 g/mol. The zero-order valence-corrected chi connectivity index (χ0v) is 11.8. The van der Waals surface area contributed by atoms with Gasteiger partial charge in [-0.3, -0.25) is 4.79 Å². The van der Waals surface area contributed by atoms with Gasteiger partial charge < -0.3 is 10.6 Å². The van der Waals surface area contributed by atoms with Crippen molar-refractivity contribution in [3.63, 3.8) is 0 Å². The fraction of sp³-hybridized carbons (Fsp3) is 0.462.